The van der Waals surface area contributed by atoms with Crippen LogP contribution in [-0.4, -0.2) is 0 Å². The van der Waals surface area contributed by atoms with Crippen LogP contribution in [0.15, 0.2) is 12.1 Å². The molecular formula is C24H30S2. The van der Waals surface area contributed by atoms with Gasteiger partial charge >= 0.3 is 0 Å². The van der Waals surface area contributed by atoms with E-state index in [1.807, 2.05) is 0 Å². The molecule has 0 nitrogen and oxygen atoms in total. The summed E-state index contributed by atoms with van der Waals surface area (Å²) in [5, 5.41) is 0. The van der Waals surface area contributed by atoms with Gasteiger partial charge in [-0.25, -0.2) is 0 Å². The van der Waals surface area contributed by atoms with Gasteiger partial charge in [-0.1, -0.05) is 64.2 Å². The Bertz CT molecular complexity index is 695. The summed E-state index contributed by atoms with van der Waals surface area (Å²) in [7, 11) is 0. The topological polar surface area (TPSA) is 0 Å². The van der Waals surface area contributed by atoms with Gasteiger partial charge in [0.2, 0.25) is 0 Å². The highest BCUT2D eigenvalue weighted by Gasteiger charge is 2.17. The van der Waals surface area contributed by atoms with Gasteiger partial charge in [0, 0.05) is 9.75 Å². The Morgan fingerprint density at radius 3 is 1.46 bits per heavy atom. The van der Waals surface area contributed by atoms with Gasteiger partial charge in [0.05, 0.1) is 9.75 Å². The Morgan fingerprint density at radius 2 is 1.12 bits per heavy atom. The summed E-state index contributed by atoms with van der Waals surface area (Å²) in [4.78, 5) is 4.81. The minimum Gasteiger partial charge on any atom is -0.125 e. The smallest absolute Gasteiger partial charge is 0.0775 e. The zero-order chi connectivity index (χ0) is 18.8. The fourth-order valence-electron chi connectivity index (χ4n) is 3.24. The van der Waals surface area contributed by atoms with Crippen molar-refractivity contribution in [2.24, 2.45) is 0 Å². The average Bonchev–Trinajstić information content (AvgIpc) is 3.25. The van der Waals surface area contributed by atoms with Crippen LogP contribution in [0.25, 0.3) is 9.75 Å². The van der Waals surface area contributed by atoms with Gasteiger partial charge in [-0.05, 0) is 48.9 Å². The van der Waals surface area contributed by atoms with E-state index >= 15 is 0 Å². The Hall–Kier alpha value is -1.48. The van der Waals surface area contributed by atoms with E-state index in [0.29, 0.717) is 0 Å². The third-order valence-electron chi connectivity index (χ3n) is 4.71. The van der Waals surface area contributed by atoms with E-state index in [4.69, 9.17) is 12.8 Å². The summed E-state index contributed by atoms with van der Waals surface area (Å²) in [5.41, 5.74) is 2.83. The third-order valence-corrected chi connectivity index (χ3v) is 7.09. The van der Waals surface area contributed by atoms with Gasteiger partial charge in [-0.2, -0.15) is 0 Å². The first-order chi connectivity index (χ1) is 12.7. The molecular weight excluding hydrogens is 352 g/mol. The first-order valence-corrected chi connectivity index (χ1v) is 11.6. The van der Waals surface area contributed by atoms with Crippen molar-refractivity contribution < 1.29 is 0 Å². The van der Waals surface area contributed by atoms with Gasteiger partial charge in [0.25, 0.3) is 0 Å². The number of rotatable bonds is 11. The highest BCUT2D eigenvalue weighted by atomic mass is 32.1. The molecule has 2 aromatic heterocycles. The molecule has 0 aromatic carbocycles. The molecule has 0 saturated heterocycles. The largest absolute Gasteiger partial charge is 0.125 e. The molecule has 2 heteroatoms. The van der Waals surface area contributed by atoms with Crippen molar-refractivity contribution in [3.63, 3.8) is 0 Å². The maximum absolute atomic E-state index is 5.70. The van der Waals surface area contributed by atoms with Crippen LogP contribution in [0.2, 0.25) is 0 Å². The number of aryl methyl sites for hydroxylation is 2. The third kappa shape index (κ3) is 5.77. The van der Waals surface area contributed by atoms with Crippen LogP contribution in [0.5, 0.6) is 0 Å². The summed E-state index contributed by atoms with van der Waals surface area (Å²) in [6.45, 7) is 4.51. The molecule has 0 aliphatic heterocycles. The van der Waals surface area contributed by atoms with Gasteiger partial charge in [0.1, 0.15) is 0 Å². The van der Waals surface area contributed by atoms with Gasteiger partial charge < -0.3 is 0 Å². The van der Waals surface area contributed by atoms with Crippen molar-refractivity contribution in [1.29, 1.82) is 0 Å². The van der Waals surface area contributed by atoms with Crippen molar-refractivity contribution in [2.45, 2.75) is 78.1 Å². The first kappa shape index (κ1) is 20.8. The first-order valence-electron chi connectivity index (χ1n) is 9.92. The SMILES string of the molecule is C#Cc1cc(CCCCCC)c(-c2sc(C#C)cc2CCCCCC)s1. The Kier molecular flexibility index (Phi) is 9.04. The quantitative estimate of drug-likeness (QED) is 0.276. The second-order valence-corrected chi connectivity index (χ2v) is 8.94. The molecule has 2 heterocycles. The number of hydrogen-bond donors (Lipinski definition) is 0. The molecule has 0 fully saturated rings. The van der Waals surface area contributed by atoms with E-state index in [0.717, 1.165) is 22.6 Å². The highest BCUT2D eigenvalue weighted by molar-refractivity contribution is 7.23. The summed E-state index contributed by atoms with van der Waals surface area (Å²) >= 11 is 3.53. The zero-order valence-corrected chi connectivity index (χ0v) is 17.8. The maximum atomic E-state index is 5.70. The predicted molar refractivity (Wildman–Crippen MR) is 119 cm³/mol. The normalized spacial score (nSPS) is 10.6. The van der Waals surface area contributed by atoms with Crippen LogP contribution < -0.4 is 0 Å². The molecule has 0 aliphatic carbocycles. The number of hydrogen-bond acceptors (Lipinski definition) is 2. The van der Waals surface area contributed by atoms with E-state index in [1.165, 1.54) is 72.2 Å². The molecule has 0 saturated carbocycles. The molecule has 0 spiro atoms. The molecule has 26 heavy (non-hydrogen) atoms. The zero-order valence-electron chi connectivity index (χ0n) is 16.2. The Balaban J connectivity index is 2.25. The van der Waals surface area contributed by atoms with Crippen LogP contribution in [0.4, 0.5) is 0 Å². The lowest BCUT2D eigenvalue weighted by Gasteiger charge is -2.06. The monoisotopic (exact) mass is 382 g/mol. The van der Waals surface area contributed by atoms with Crippen LogP contribution in [0, 0.1) is 24.7 Å². The lowest BCUT2D eigenvalue weighted by Crippen LogP contribution is -1.89. The Morgan fingerprint density at radius 1 is 0.692 bits per heavy atom. The van der Waals surface area contributed by atoms with Crippen molar-refractivity contribution in [1.82, 2.24) is 0 Å². The number of terminal acetylenes is 2. The molecule has 0 unspecified atom stereocenters. The predicted octanol–water partition coefficient (Wildman–Crippen LogP) is 7.68. The van der Waals surface area contributed by atoms with Gasteiger partial charge in [-0.3, -0.25) is 0 Å². The average molecular weight is 383 g/mol. The van der Waals surface area contributed by atoms with E-state index in [9.17, 15) is 0 Å². The van der Waals surface area contributed by atoms with Gasteiger partial charge in [0.15, 0.2) is 0 Å². The van der Waals surface area contributed by atoms with Gasteiger partial charge in [-0.15, -0.1) is 35.5 Å². The minimum absolute atomic E-state index is 1.04. The fourth-order valence-corrected chi connectivity index (χ4v) is 5.48. The highest BCUT2D eigenvalue weighted by Crippen LogP contribution is 2.41. The van der Waals surface area contributed by atoms with Crippen LogP contribution in [-0.2, 0) is 12.8 Å². The van der Waals surface area contributed by atoms with Crippen molar-refractivity contribution in [2.75, 3.05) is 0 Å². The van der Waals surface area contributed by atoms with E-state index in [1.54, 1.807) is 22.7 Å². The lowest BCUT2D eigenvalue weighted by molar-refractivity contribution is 0.666. The van der Waals surface area contributed by atoms with Crippen LogP contribution in [0.3, 0.4) is 0 Å². The Labute approximate surface area is 168 Å². The molecule has 0 bridgehead atoms. The van der Waals surface area contributed by atoms with E-state index in [2.05, 4.69) is 37.8 Å². The molecule has 0 N–H and O–H groups in total. The molecule has 0 amide bonds. The molecule has 2 rings (SSSR count). The second-order valence-electron chi connectivity index (χ2n) is 6.84. The standard InChI is InChI=1S/C24H30S2/c1-5-9-11-13-15-19-17-21(7-3)25-23(19)24-20(16-14-12-10-6-2)18-22(8-4)26-24/h3-4,17-18H,5-6,9-16H2,1-2H3. The van der Waals surface area contributed by atoms with Crippen LogP contribution >= 0.6 is 22.7 Å². The van der Waals surface area contributed by atoms with E-state index < -0.39 is 0 Å². The van der Waals surface area contributed by atoms with Crippen molar-refractivity contribution in [3.8, 4) is 34.4 Å². The van der Waals surface area contributed by atoms with Crippen molar-refractivity contribution >= 4 is 22.7 Å². The molecule has 0 radical (unpaired) electrons. The molecule has 0 aliphatic rings. The minimum atomic E-state index is 1.04. The summed E-state index contributed by atoms with van der Waals surface area (Å²) in [6, 6.07) is 4.45. The number of unbranched alkanes of at least 4 members (excludes halogenated alkanes) is 6. The van der Waals surface area contributed by atoms with Crippen molar-refractivity contribution in [3.05, 3.63) is 33.0 Å². The maximum Gasteiger partial charge on any atom is 0.0775 e. The lowest BCUT2D eigenvalue weighted by atomic mass is 10.0. The summed E-state index contributed by atoms with van der Waals surface area (Å²) < 4.78 is 0. The fraction of sp³-hybridized carbons (Fsp3) is 0.500. The number of thiophene rings is 2. The summed E-state index contributed by atoms with van der Waals surface area (Å²) in [5.74, 6) is 5.68. The molecule has 0 atom stereocenters. The van der Waals surface area contributed by atoms with Crippen LogP contribution in [0.1, 0.15) is 86.1 Å². The molecule has 2 aromatic rings. The second kappa shape index (κ2) is 11.3. The molecule has 138 valence electrons. The van der Waals surface area contributed by atoms with E-state index in [-0.39, 0.29) is 0 Å². The summed E-state index contributed by atoms with van der Waals surface area (Å²) in [6.07, 6.45) is 23.9.